The Bertz CT molecular complexity index is 938. The molecule has 0 amide bonds. The minimum atomic E-state index is -0.287. The number of fused-ring (bicyclic) bond motifs is 1. The van der Waals surface area contributed by atoms with Gasteiger partial charge in [0.25, 0.3) is 0 Å². The molecule has 5 nitrogen and oxygen atoms in total. The first-order valence-corrected chi connectivity index (χ1v) is 7.90. The van der Waals surface area contributed by atoms with Crippen LogP contribution in [0.15, 0.2) is 54.3 Å². The van der Waals surface area contributed by atoms with Gasteiger partial charge in [-0.25, -0.2) is 9.37 Å². The Labute approximate surface area is 144 Å². The maximum absolute atomic E-state index is 13.3. The summed E-state index contributed by atoms with van der Waals surface area (Å²) in [5.74, 6) is 0.0141. The van der Waals surface area contributed by atoms with Gasteiger partial charge in [0, 0.05) is 5.56 Å². The second-order valence-corrected chi connectivity index (χ2v) is 5.98. The molecular formula is C19H18FN4O+. The summed E-state index contributed by atoms with van der Waals surface area (Å²) in [6.45, 7) is 0.761. The number of rotatable bonds is 5. The minimum absolute atomic E-state index is 0.0459. The summed E-state index contributed by atoms with van der Waals surface area (Å²) in [5.41, 5.74) is 2.49. The highest BCUT2D eigenvalue weighted by atomic mass is 19.1. The Morgan fingerprint density at radius 1 is 1.28 bits per heavy atom. The Morgan fingerprint density at radius 2 is 2.08 bits per heavy atom. The third kappa shape index (κ3) is 3.84. The van der Waals surface area contributed by atoms with E-state index >= 15 is 0 Å². The molecule has 3 aromatic rings. The van der Waals surface area contributed by atoms with Gasteiger partial charge in [-0.15, -0.1) is 0 Å². The molecule has 2 aromatic carbocycles. The number of likely N-dealkylation sites (N-methyl/N-ethyl adjacent to an activating group) is 1. The molecule has 0 fully saturated rings. The zero-order chi connectivity index (χ0) is 17.8. The molecule has 0 aliphatic rings. The van der Waals surface area contributed by atoms with Crippen molar-refractivity contribution in [1.29, 1.82) is 5.26 Å². The largest absolute Gasteiger partial charge is 0.506 e. The van der Waals surface area contributed by atoms with Crippen molar-refractivity contribution in [2.24, 2.45) is 0 Å². The molecule has 0 saturated carbocycles. The molecule has 0 aliphatic heterocycles. The van der Waals surface area contributed by atoms with Gasteiger partial charge < -0.3 is 15.0 Å². The lowest BCUT2D eigenvalue weighted by Gasteiger charge is -2.14. The van der Waals surface area contributed by atoms with E-state index in [-0.39, 0.29) is 23.7 Å². The van der Waals surface area contributed by atoms with Crippen LogP contribution >= 0.6 is 0 Å². The predicted molar refractivity (Wildman–Crippen MR) is 93.1 cm³/mol. The summed E-state index contributed by atoms with van der Waals surface area (Å²) in [6.07, 6.45) is 0. The number of nitrogens with one attached hydrogen (secondary N) is 2. The number of halogens is 1. The number of quaternary nitrogens is 1. The van der Waals surface area contributed by atoms with Gasteiger partial charge in [0.2, 0.25) is 0 Å². The first-order chi connectivity index (χ1) is 12.1. The average molecular weight is 337 g/mol. The Morgan fingerprint density at radius 3 is 2.80 bits per heavy atom. The number of H-pyrrole nitrogens is 1. The standard InChI is InChI=1S/C19H17FN4O/c1-24(11-13-5-4-6-14(20)9-13)12-18(25)15(10-21)19-22-16-7-2-3-8-17(16)23-19/h2-9,25H,11-12H2,1H3,(H,22,23)/p+1/b18-15-. The summed E-state index contributed by atoms with van der Waals surface area (Å²) < 4.78 is 13.3. The number of hydrogen-bond donors (Lipinski definition) is 3. The molecule has 3 rings (SSSR count). The highest BCUT2D eigenvalue weighted by molar-refractivity contribution is 5.82. The molecule has 25 heavy (non-hydrogen) atoms. The maximum Gasteiger partial charge on any atom is 0.169 e. The summed E-state index contributed by atoms with van der Waals surface area (Å²) in [6, 6.07) is 15.8. The van der Waals surface area contributed by atoms with Crippen LogP contribution in [0.25, 0.3) is 16.6 Å². The Hall–Kier alpha value is -3.17. The zero-order valence-electron chi connectivity index (χ0n) is 13.8. The van der Waals surface area contributed by atoms with Crippen molar-refractivity contribution in [2.75, 3.05) is 13.6 Å². The molecule has 126 valence electrons. The number of aliphatic hydroxyl groups excluding tert-OH is 1. The van der Waals surface area contributed by atoms with Crippen LogP contribution < -0.4 is 4.90 Å². The number of hydrogen-bond acceptors (Lipinski definition) is 3. The SMILES string of the molecule is C[NH+](C/C(O)=C(\C#N)c1nc2ccccc2[nH]1)Cc1cccc(F)c1. The number of aromatic nitrogens is 2. The van der Waals surface area contributed by atoms with Gasteiger partial charge in [-0.2, -0.15) is 5.26 Å². The van der Waals surface area contributed by atoms with E-state index in [1.165, 1.54) is 12.1 Å². The minimum Gasteiger partial charge on any atom is -0.506 e. The maximum atomic E-state index is 13.3. The molecule has 0 aliphatic carbocycles. The van der Waals surface area contributed by atoms with Crippen molar-refractivity contribution in [3.8, 4) is 6.07 Å². The van der Waals surface area contributed by atoms with E-state index in [0.717, 1.165) is 21.5 Å². The molecule has 3 N–H and O–H groups in total. The Balaban J connectivity index is 1.80. The summed E-state index contributed by atoms with van der Waals surface area (Å²) >= 11 is 0. The van der Waals surface area contributed by atoms with Crippen LogP contribution in [0.1, 0.15) is 11.4 Å². The van der Waals surface area contributed by atoms with E-state index in [1.807, 2.05) is 43.4 Å². The van der Waals surface area contributed by atoms with Crippen molar-refractivity contribution in [2.45, 2.75) is 6.54 Å². The lowest BCUT2D eigenvalue weighted by molar-refractivity contribution is -0.890. The van der Waals surface area contributed by atoms with Gasteiger partial charge in [0.15, 0.2) is 11.6 Å². The molecule has 1 heterocycles. The fraction of sp³-hybridized carbons (Fsp3) is 0.158. The van der Waals surface area contributed by atoms with Gasteiger partial charge in [0.1, 0.15) is 30.5 Å². The number of aliphatic hydroxyl groups is 1. The molecule has 0 saturated heterocycles. The van der Waals surface area contributed by atoms with Crippen molar-refractivity contribution < 1.29 is 14.4 Å². The molecule has 1 unspecified atom stereocenters. The number of nitrogens with zero attached hydrogens (tertiary/aromatic N) is 2. The molecule has 6 heteroatoms. The van der Waals surface area contributed by atoms with Gasteiger partial charge in [-0.3, -0.25) is 0 Å². The van der Waals surface area contributed by atoms with E-state index < -0.39 is 0 Å². The number of nitriles is 1. The molecular weight excluding hydrogens is 319 g/mol. The average Bonchev–Trinajstić information content (AvgIpc) is 2.98. The first kappa shape index (κ1) is 16.7. The van der Waals surface area contributed by atoms with E-state index in [1.54, 1.807) is 6.07 Å². The van der Waals surface area contributed by atoms with Crippen molar-refractivity contribution >= 4 is 16.6 Å². The smallest absolute Gasteiger partial charge is 0.169 e. The van der Waals surface area contributed by atoms with Gasteiger partial charge in [-0.05, 0) is 24.3 Å². The van der Waals surface area contributed by atoms with Gasteiger partial charge >= 0.3 is 0 Å². The summed E-state index contributed by atoms with van der Waals surface area (Å²) in [4.78, 5) is 8.32. The lowest BCUT2D eigenvalue weighted by Crippen LogP contribution is -3.07. The van der Waals surface area contributed by atoms with Crippen LogP contribution in [0.2, 0.25) is 0 Å². The predicted octanol–water partition coefficient (Wildman–Crippen LogP) is 2.21. The third-order valence-electron chi connectivity index (χ3n) is 3.89. The summed E-state index contributed by atoms with van der Waals surface area (Å²) in [7, 11) is 1.87. The normalized spacial score (nSPS) is 13.3. The number of aromatic amines is 1. The topological polar surface area (TPSA) is 77.1 Å². The fourth-order valence-electron chi connectivity index (χ4n) is 2.76. The van der Waals surface area contributed by atoms with Crippen LogP contribution in [-0.2, 0) is 6.54 Å². The molecule has 1 atom stereocenters. The number of allylic oxidation sites excluding steroid dienone is 1. The Kier molecular flexibility index (Phi) is 4.78. The quantitative estimate of drug-likeness (QED) is 0.493. The van der Waals surface area contributed by atoms with Crippen molar-refractivity contribution in [1.82, 2.24) is 9.97 Å². The van der Waals surface area contributed by atoms with Crippen LogP contribution in [-0.4, -0.2) is 28.7 Å². The second-order valence-electron chi connectivity index (χ2n) is 5.98. The molecule has 1 aromatic heterocycles. The van der Waals surface area contributed by atoms with E-state index in [9.17, 15) is 14.8 Å². The van der Waals surface area contributed by atoms with Gasteiger partial charge in [0.05, 0.1) is 18.1 Å². The molecule has 0 radical (unpaired) electrons. The van der Waals surface area contributed by atoms with E-state index in [4.69, 9.17) is 0 Å². The first-order valence-electron chi connectivity index (χ1n) is 7.90. The van der Waals surface area contributed by atoms with Crippen molar-refractivity contribution in [3.05, 3.63) is 71.5 Å². The van der Waals surface area contributed by atoms with Crippen LogP contribution in [0.3, 0.4) is 0 Å². The second kappa shape index (κ2) is 7.16. The highest BCUT2D eigenvalue weighted by Gasteiger charge is 2.16. The zero-order valence-corrected chi connectivity index (χ0v) is 13.8. The van der Waals surface area contributed by atoms with Crippen LogP contribution in [0, 0.1) is 17.1 Å². The molecule has 0 bridgehead atoms. The monoisotopic (exact) mass is 337 g/mol. The van der Waals surface area contributed by atoms with Crippen LogP contribution in [0.5, 0.6) is 0 Å². The van der Waals surface area contributed by atoms with Crippen LogP contribution in [0.4, 0.5) is 4.39 Å². The number of benzene rings is 2. The number of para-hydroxylation sites is 2. The van der Waals surface area contributed by atoms with Crippen molar-refractivity contribution in [3.63, 3.8) is 0 Å². The number of imidazole rings is 1. The molecule has 0 spiro atoms. The highest BCUT2D eigenvalue weighted by Crippen LogP contribution is 2.18. The third-order valence-corrected chi connectivity index (χ3v) is 3.89. The van der Waals surface area contributed by atoms with E-state index in [0.29, 0.717) is 12.4 Å². The summed E-state index contributed by atoms with van der Waals surface area (Å²) in [5, 5.41) is 19.8. The lowest BCUT2D eigenvalue weighted by atomic mass is 10.2. The van der Waals surface area contributed by atoms with E-state index in [2.05, 4.69) is 9.97 Å². The fourth-order valence-corrected chi connectivity index (χ4v) is 2.76. The van der Waals surface area contributed by atoms with Gasteiger partial charge in [-0.1, -0.05) is 24.3 Å².